The number of phenols is 1. The summed E-state index contributed by atoms with van der Waals surface area (Å²) in [5.74, 6) is 0.474. The zero-order chi connectivity index (χ0) is 12.1. The van der Waals surface area contributed by atoms with Crippen molar-refractivity contribution in [3.63, 3.8) is 0 Å². The van der Waals surface area contributed by atoms with Gasteiger partial charge in [-0.3, -0.25) is 4.79 Å². The molecule has 1 aromatic carbocycles. The fourth-order valence-corrected chi connectivity index (χ4v) is 1.28. The molecule has 0 atom stereocenters. The van der Waals surface area contributed by atoms with E-state index in [1.54, 1.807) is 12.1 Å². The quantitative estimate of drug-likeness (QED) is 0.803. The lowest BCUT2D eigenvalue weighted by atomic mass is 10.2. The largest absolute Gasteiger partial charge is 0.502 e. The highest BCUT2D eigenvalue weighted by Crippen LogP contribution is 2.36. The molecule has 0 spiro atoms. The van der Waals surface area contributed by atoms with E-state index in [1.165, 1.54) is 21.1 Å². The Bertz CT molecular complexity index is 365. The van der Waals surface area contributed by atoms with Crippen molar-refractivity contribution in [3.05, 3.63) is 17.7 Å². The molecule has 0 saturated heterocycles. The first-order valence-corrected chi connectivity index (χ1v) is 4.76. The number of ether oxygens (including phenoxy) is 2. The van der Waals surface area contributed by atoms with Crippen LogP contribution in [-0.2, 0) is 11.3 Å². The van der Waals surface area contributed by atoms with Crippen LogP contribution < -0.4 is 14.8 Å². The molecule has 0 aliphatic rings. The van der Waals surface area contributed by atoms with E-state index in [2.05, 4.69) is 5.32 Å². The molecule has 0 saturated carbocycles. The summed E-state index contributed by atoms with van der Waals surface area (Å²) in [7, 11) is 2.91. The van der Waals surface area contributed by atoms with Crippen molar-refractivity contribution in [3.8, 4) is 17.2 Å². The Morgan fingerprint density at radius 3 is 2.19 bits per heavy atom. The highest BCUT2D eigenvalue weighted by Gasteiger charge is 2.10. The Morgan fingerprint density at radius 1 is 1.31 bits per heavy atom. The third-order valence-electron chi connectivity index (χ3n) is 2.08. The number of hydrogen-bond acceptors (Lipinski definition) is 4. The number of phenolic OH excluding ortho intramolecular Hbond substituents is 1. The smallest absolute Gasteiger partial charge is 0.217 e. The van der Waals surface area contributed by atoms with Gasteiger partial charge < -0.3 is 19.9 Å². The van der Waals surface area contributed by atoms with Gasteiger partial charge in [0.25, 0.3) is 0 Å². The van der Waals surface area contributed by atoms with Crippen LogP contribution in [0.5, 0.6) is 17.2 Å². The summed E-state index contributed by atoms with van der Waals surface area (Å²) in [5.41, 5.74) is 0.793. The molecule has 0 aromatic heterocycles. The van der Waals surface area contributed by atoms with Crippen molar-refractivity contribution in [2.75, 3.05) is 14.2 Å². The average molecular weight is 225 g/mol. The van der Waals surface area contributed by atoms with Crippen LogP contribution in [0.1, 0.15) is 12.5 Å². The van der Waals surface area contributed by atoms with Gasteiger partial charge in [0.1, 0.15) is 0 Å². The number of rotatable bonds is 4. The van der Waals surface area contributed by atoms with Gasteiger partial charge in [0.2, 0.25) is 11.7 Å². The van der Waals surface area contributed by atoms with Crippen molar-refractivity contribution < 1.29 is 19.4 Å². The molecule has 0 unspecified atom stereocenters. The number of amides is 1. The Hall–Kier alpha value is -1.91. The minimum Gasteiger partial charge on any atom is -0.502 e. The average Bonchev–Trinajstić information content (AvgIpc) is 2.27. The van der Waals surface area contributed by atoms with Crippen LogP contribution in [-0.4, -0.2) is 25.2 Å². The van der Waals surface area contributed by atoms with Crippen molar-refractivity contribution in [1.29, 1.82) is 0 Å². The molecule has 0 heterocycles. The summed E-state index contributed by atoms with van der Waals surface area (Å²) >= 11 is 0. The van der Waals surface area contributed by atoms with E-state index in [0.717, 1.165) is 5.56 Å². The maximum Gasteiger partial charge on any atom is 0.217 e. The first kappa shape index (κ1) is 12.2. The van der Waals surface area contributed by atoms with E-state index in [9.17, 15) is 9.90 Å². The van der Waals surface area contributed by atoms with Gasteiger partial charge in [-0.25, -0.2) is 0 Å². The van der Waals surface area contributed by atoms with E-state index in [4.69, 9.17) is 9.47 Å². The zero-order valence-corrected chi connectivity index (χ0v) is 9.53. The number of benzene rings is 1. The molecule has 0 radical (unpaired) electrons. The first-order valence-electron chi connectivity index (χ1n) is 4.76. The second kappa shape index (κ2) is 5.25. The summed E-state index contributed by atoms with van der Waals surface area (Å²) in [6, 6.07) is 3.29. The van der Waals surface area contributed by atoms with Gasteiger partial charge in [-0.1, -0.05) is 0 Å². The lowest BCUT2D eigenvalue weighted by molar-refractivity contribution is -0.119. The van der Waals surface area contributed by atoms with Crippen LogP contribution in [0.15, 0.2) is 12.1 Å². The predicted molar refractivity (Wildman–Crippen MR) is 58.7 cm³/mol. The fourth-order valence-electron chi connectivity index (χ4n) is 1.28. The van der Waals surface area contributed by atoms with Gasteiger partial charge >= 0.3 is 0 Å². The number of methoxy groups -OCH3 is 2. The predicted octanol–water partition coefficient (Wildman–Crippen LogP) is 1.05. The maximum absolute atomic E-state index is 10.8. The molecule has 0 aliphatic carbocycles. The molecule has 88 valence electrons. The summed E-state index contributed by atoms with van der Waals surface area (Å²) < 4.78 is 9.98. The number of carbonyl (C=O) groups is 1. The maximum atomic E-state index is 10.8. The van der Waals surface area contributed by atoms with Crippen LogP contribution in [0.25, 0.3) is 0 Å². The molecule has 1 amide bonds. The molecule has 0 bridgehead atoms. The molecular weight excluding hydrogens is 210 g/mol. The normalized spacial score (nSPS) is 9.69. The second-order valence-corrected chi connectivity index (χ2v) is 3.26. The Balaban J connectivity index is 2.97. The van der Waals surface area contributed by atoms with Crippen molar-refractivity contribution in [2.24, 2.45) is 0 Å². The molecule has 5 heteroatoms. The standard InChI is InChI=1S/C11H15NO4/c1-7(13)12-6-8-4-9(15-2)11(14)10(5-8)16-3/h4-5,14H,6H2,1-3H3,(H,12,13). The summed E-state index contributed by atoms with van der Waals surface area (Å²) in [5, 5.41) is 12.3. The summed E-state index contributed by atoms with van der Waals surface area (Å²) in [6.07, 6.45) is 0. The minimum atomic E-state index is -0.119. The van der Waals surface area contributed by atoms with Crippen LogP contribution in [0.2, 0.25) is 0 Å². The first-order chi connectivity index (χ1) is 7.58. The van der Waals surface area contributed by atoms with E-state index in [1.807, 2.05) is 0 Å². The molecule has 16 heavy (non-hydrogen) atoms. The van der Waals surface area contributed by atoms with E-state index in [-0.39, 0.29) is 11.7 Å². The number of carbonyl (C=O) groups excluding carboxylic acids is 1. The summed E-state index contributed by atoms with van der Waals surface area (Å²) in [6.45, 7) is 1.80. The second-order valence-electron chi connectivity index (χ2n) is 3.26. The van der Waals surface area contributed by atoms with Crippen LogP contribution >= 0.6 is 0 Å². The Labute approximate surface area is 94.0 Å². The van der Waals surface area contributed by atoms with Crippen molar-refractivity contribution >= 4 is 5.91 Å². The molecule has 5 nitrogen and oxygen atoms in total. The Kier molecular flexibility index (Phi) is 3.99. The monoisotopic (exact) mass is 225 g/mol. The van der Waals surface area contributed by atoms with Gasteiger partial charge in [0, 0.05) is 13.5 Å². The highest BCUT2D eigenvalue weighted by molar-refractivity contribution is 5.72. The van der Waals surface area contributed by atoms with E-state index in [0.29, 0.717) is 18.0 Å². The van der Waals surface area contributed by atoms with E-state index < -0.39 is 0 Å². The van der Waals surface area contributed by atoms with E-state index >= 15 is 0 Å². The third-order valence-corrected chi connectivity index (χ3v) is 2.08. The van der Waals surface area contributed by atoms with Crippen LogP contribution in [0.4, 0.5) is 0 Å². The van der Waals surface area contributed by atoms with Gasteiger partial charge in [0.05, 0.1) is 14.2 Å². The number of hydrogen-bond donors (Lipinski definition) is 2. The number of aromatic hydroxyl groups is 1. The molecule has 1 rings (SSSR count). The van der Waals surface area contributed by atoms with Crippen LogP contribution in [0.3, 0.4) is 0 Å². The molecule has 0 aliphatic heterocycles. The fraction of sp³-hybridized carbons (Fsp3) is 0.364. The highest BCUT2D eigenvalue weighted by atomic mass is 16.5. The Morgan fingerprint density at radius 2 is 1.81 bits per heavy atom. The van der Waals surface area contributed by atoms with Crippen LogP contribution in [0, 0.1) is 0 Å². The third kappa shape index (κ3) is 2.79. The SMILES string of the molecule is COc1cc(CNC(C)=O)cc(OC)c1O. The lowest BCUT2D eigenvalue weighted by Crippen LogP contribution is -2.18. The molecule has 2 N–H and O–H groups in total. The van der Waals surface area contributed by atoms with Crippen molar-refractivity contribution in [2.45, 2.75) is 13.5 Å². The van der Waals surface area contributed by atoms with Gasteiger partial charge in [0.15, 0.2) is 11.5 Å². The summed E-state index contributed by atoms with van der Waals surface area (Å²) in [4.78, 5) is 10.8. The van der Waals surface area contributed by atoms with Crippen molar-refractivity contribution in [1.82, 2.24) is 5.32 Å². The topological polar surface area (TPSA) is 67.8 Å². The minimum absolute atomic E-state index is 0.0448. The van der Waals surface area contributed by atoms with Gasteiger partial charge in [-0.2, -0.15) is 0 Å². The van der Waals surface area contributed by atoms with Gasteiger partial charge in [-0.15, -0.1) is 0 Å². The zero-order valence-electron chi connectivity index (χ0n) is 9.53. The van der Waals surface area contributed by atoms with Gasteiger partial charge in [-0.05, 0) is 17.7 Å². The molecular formula is C11H15NO4. The molecule has 0 fully saturated rings. The molecule has 1 aromatic rings. The lowest BCUT2D eigenvalue weighted by Gasteiger charge is -2.11. The number of nitrogens with one attached hydrogen (secondary N) is 1.